The summed E-state index contributed by atoms with van der Waals surface area (Å²) in [5.74, 6) is -0.291. The molecule has 1 aromatic carbocycles. The molecule has 0 aliphatic heterocycles. The number of ether oxygens (including phenoxy) is 1. The number of hydrogen-bond donors (Lipinski definition) is 2. The van der Waals surface area contributed by atoms with Crippen LogP contribution in [0.25, 0.3) is 0 Å². The molecular weight excluding hydrogens is 328 g/mol. The average molecular weight is 338 g/mol. The minimum absolute atomic E-state index is 0.0335. The first-order chi connectivity index (χ1) is 9.88. The monoisotopic (exact) mass is 337 g/mol. The maximum absolute atomic E-state index is 12.1. The summed E-state index contributed by atoms with van der Waals surface area (Å²) >= 11 is 5.71. The van der Waals surface area contributed by atoms with Crippen LogP contribution in [0.3, 0.4) is 0 Å². The molecule has 0 bridgehead atoms. The number of benzene rings is 1. The van der Waals surface area contributed by atoms with Gasteiger partial charge in [0.25, 0.3) is 0 Å². The fourth-order valence-electron chi connectivity index (χ4n) is 1.48. The number of nitrogens with one attached hydrogen (secondary N) is 2. The quantitative estimate of drug-likeness (QED) is 0.846. The van der Waals surface area contributed by atoms with Gasteiger partial charge in [0.2, 0.25) is 10.0 Å². The molecule has 0 radical (unpaired) electrons. The topological polar surface area (TPSA) is 84.1 Å². The molecule has 0 unspecified atom stereocenters. The van der Waals surface area contributed by atoms with Gasteiger partial charge in [-0.15, -0.1) is 0 Å². The highest BCUT2D eigenvalue weighted by Crippen LogP contribution is 2.28. The van der Waals surface area contributed by atoms with Crippen LogP contribution in [-0.4, -0.2) is 25.2 Å². The summed E-state index contributed by atoms with van der Waals surface area (Å²) in [5.41, 5.74) is 0.641. The number of halogens is 3. The van der Waals surface area contributed by atoms with E-state index in [1.807, 2.05) is 0 Å². The molecule has 2 rings (SSSR count). The molecule has 6 nitrogen and oxygen atoms in total. The van der Waals surface area contributed by atoms with Crippen molar-refractivity contribution in [3.8, 4) is 5.75 Å². The molecule has 0 aliphatic rings. The third kappa shape index (κ3) is 4.13. The molecule has 0 saturated carbocycles. The van der Waals surface area contributed by atoms with Crippen LogP contribution in [0.2, 0.25) is 5.02 Å². The Morgan fingerprint density at radius 2 is 2.19 bits per heavy atom. The second kappa shape index (κ2) is 6.37. The lowest BCUT2D eigenvalue weighted by atomic mass is 10.3. The molecular formula is C11H10ClF2N3O3S. The maximum Gasteiger partial charge on any atom is 0.387 e. The average Bonchev–Trinajstić information content (AvgIpc) is 2.91. The first-order valence-electron chi connectivity index (χ1n) is 5.60. The zero-order valence-electron chi connectivity index (χ0n) is 10.4. The predicted octanol–water partition coefficient (Wildman–Crippen LogP) is 2.14. The highest BCUT2D eigenvalue weighted by atomic mass is 35.5. The molecule has 2 aromatic rings. The van der Waals surface area contributed by atoms with E-state index >= 15 is 0 Å². The second-order valence-electron chi connectivity index (χ2n) is 3.90. The Morgan fingerprint density at radius 1 is 1.43 bits per heavy atom. The molecule has 0 amide bonds. The van der Waals surface area contributed by atoms with Gasteiger partial charge in [0.15, 0.2) is 0 Å². The fourth-order valence-corrected chi connectivity index (χ4v) is 2.81. The van der Waals surface area contributed by atoms with E-state index in [1.54, 1.807) is 0 Å². The smallest absolute Gasteiger partial charge is 0.387 e. The van der Waals surface area contributed by atoms with Crippen molar-refractivity contribution in [3.05, 3.63) is 41.2 Å². The second-order valence-corrected chi connectivity index (χ2v) is 6.08. The van der Waals surface area contributed by atoms with Crippen molar-refractivity contribution in [1.29, 1.82) is 0 Å². The number of alkyl halides is 2. The standard InChI is InChI=1S/C11H10ClF2N3O3S/c12-9-3-8(1-2-10(9)20-11(13)14)21(18,19)17-6-7-4-15-16-5-7/h1-5,11,17H,6H2,(H,15,16). The number of H-pyrrole nitrogens is 1. The zero-order chi connectivity index (χ0) is 15.5. The molecule has 10 heteroatoms. The minimum atomic E-state index is -3.82. The van der Waals surface area contributed by atoms with Crippen molar-refractivity contribution < 1.29 is 21.9 Å². The van der Waals surface area contributed by atoms with E-state index in [4.69, 9.17) is 11.6 Å². The van der Waals surface area contributed by atoms with Gasteiger partial charge in [-0.05, 0) is 18.2 Å². The molecule has 2 N–H and O–H groups in total. The summed E-state index contributed by atoms with van der Waals surface area (Å²) in [5, 5.41) is 6.01. The number of hydrogen-bond acceptors (Lipinski definition) is 4. The third-order valence-electron chi connectivity index (χ3n) is 2.45. The molecule has 114 valence electrons. The van der Waals surface area contributed by atoms with Crippen LogP contribution in [0.15, 0.2) is 35.5 Å². The lowest BCUT2D eigenvalue weighted by molar-refractivity contribution is -0.0498. The van der Waals surface area contributed by atoms with E-state index in [2.05, 4.69) is 19.7 Å². The summed E-state index contributed by atoms with van der Waals surface area (Å²) in [4.78, 5) is -0.155. The Bertz CT molecular complexity index is 708. The molecule has 0 spiro atoms. The van der Waals surface area contributed by atoms with Gasteiger partial charge in [-0.3, -0.25) is 5.10 Å². The van der Waals surface area contributed by atoms with E-state index in [0.717, 1.165) is 18.2 Å². The van der Waals surface area contributed by atoms with Crippen LogP contribution in [0.1, 0.15) is 5.56 Å². The van der Waals surface area contributed by atoms with Crippen molar-refractivity contribution in [2.75, 3.05) is 0 Å². The Kier molecular flexibility index (Phi) is 4.76. The first-order valence-corrected chi connectivity index (χ1v) is 7.46. The number of aromatic nitrogens is 2. The molecule has 21 heavy (non-hydrogen) atoms. The van der Waals surface area contributed by atoms with Gasteiger partial charge in [-0.25, -0.2) is 13.1 Å². The van der Waals surface area contributed by atoms with Gasteiger partial charge >= 0.3 is 6.61 Å². The Labute approximate surface area is 124 Å². The van der Waals surface area contributed by atoms with Crippen molar-refractivity contribution >= 4 is 21.6 Å². The van der Waals surface area contributed by atoms with E-state index in [9.17, 15) is 17.2 Å². The molecule has 0 fully saturated rings. The molecule has 0 atom stereocenters. The third-order valence-corrected chi connectivity index (χ3v) is 4.15. The summed E-state index contributed by atoms with van der Waals surface area (Å²) in [6.45, 7) is -3.00. The number of aromatic amines is 1. The van der Waals surface area contributed by atoms with Gasteiger partial charge in [0, 0.05) is 18.3 Å². The van der Waals surface area contributed by atoms with Crippen LogP contribution in [-0.2, 0) is 16.6 Å². The largest absolute Gasteiger partial charge is 0.433 e. The molecule has 0 aliphatic carbocycles. The predicted molar refractivity (Wildman–Crippen MR) is 70.7 cm³/mol. The number of sulfonamides is 1. The number of nitrogens with zero attached hydrogens (tertiary/aromatic N) is 1. The fraction of sp³-hybridized carbons (Fsp3) is 0.182. The Balaban J connectivity index is 2.14. The summed E-state index contributed by atoms with van der Waals surface area (Å²) in [6.07, 6.45) is 3.00. The van der Waals surface area contributed by atoms with Crippen molar-refractivity contribution in [2.45, 2.75) is 18.1 Å². The lowest BCUT2D eigenvalue weighted by Gasteiger charge is -2.09. The van der Waals surface area contributed by atoms with E-state index in [0.29, 0.717) is 5.56 Å². The van der Waals surface area contributed by atoms with Crippen LogP contribution in [0.4, 0.5) is 8.78 Å². The molecule has 1 heterocycles. The Hall–Kier alpha value is -1.71. The first kappa shape index (κ1) is 15.7. The summed E-state index contributed by atoms with van der Waals surface area (Å²) < 4.78 is 54.7. The van der Waals surface area contributed by atoms with Gasteiger partial charge in [-0.2, -0.15) is 13.9 Å². The lowest BCUT2D eigenvalue weighted by Crippen LogP contribution is -2.23. The van der Waals surface area contributed by atoms with E-state index in [1.165, 1.54) is 12.4 Å². The van der Waals surface area contributed by atoms with Gasteiger partial charge in [0.1, 0.15) is 5.75 Å². The summed E-state index contributed by atoms with van der Waals surface area (Å²) in [6, 6.07) is 3.24. The van der Waals surface area contributed by atoms with Crippen molar-refractivity contribution in [3.63, 3.8) is 0 Å². The number of rotatable bonds is 6. The highest BCUT2D eigenvalue weighted by molar-refractivity contribution is 7.89. The van der Waals surface area contributed by atoms with E-state index < -0.39 is 16.6 Å². The minimum Gasteiger partial charge on any atom is -0.433 e. The Morgan fingerprint density at radius 3 is 2.76 bits per heavy atom. The molecule has 0 saturated heterocycles. The van der Waals surface area contributed by atoms with Crippen LogP contribution >= 0.6 is 11.6 Å². The van der Waals surface area contributed by atoms with Gasteiger partial charge in [-0.1, -0.05) is 11.6 Å². The SMILES string of the molecule is O=S(=O)(NCc1cn[nH]c1)c1ccc(OC(F)F)c(Cl)c1. The summed E-state index contributed by atoms with van der Waals surface area (Å²) in [7, 11) is -3.82. The normalized spacial score (nSPS) is 11.8. The van der Waals surface area contributed by atoms with Crippen molar-refractivity contribution in [1.82, 2.24) is 14.9 Å². The van der Waals surface area contributed by atoms with Gasteiger partial charge in [0.05, 0.1) is 16.1 Å². The van der Waals surface area contributed by atoms with Crippen LogP contribution in [0, 0.1) is 0 Å². The van der Waals surface area contributed by atoms with E-state index in [-0.39, 0.29) is 22.2 Å². The van der Waals surface area contributed by atoms with Crippen LogP contribution in [0.5, 0.6) is 5.75 Å². The zero-order valence-corrected chi connectivity index (χ0v) is 12.0. The molecule has 1 aromatic heterocycles. The van der Waals surface area contributed by atoms with Gasteiger partial charge < -0.3 is 4.74 Å². The van der Waals surface area contributed by atoms with Crippen LogP contribution < -0.4 is 9.46 Å². The highest BCUT2D eigenvalue weighted by Gasteiger charge is 2.17. The van der Waals surface area contributed by atoms with Crippen molar-refractivity contribution in [2.24, 2.45) is 0 Å². The maximum atomic E-state index is 12.1.